The first-order valence-corrected chi connectivity index (χ1v) is 7.81. The van der Waals surface area contributed by atoms with E-state index in [1.165, 1.54) is 18.9 Å². The van der Waals surface area contributed by atoms with Crippen molar-refractivity contribution in [3.63, 3.8) is 0 Å². The van der Waals surface area contributed by atoms with Crippen LogP contribution in [0.1, 0.15) is 12.5 Å². The van der Waals surface area contributed by atoms with Crippen LogP contribution >= 0.6 is 11.6 Å². The number of para-hydroxylation sites is 2. The topological polar surface area (TPSA) is 58.6 Å². The highest BCUT2D eigenvalue weighted by Gasteiger charge is 2.16. The van der Waals surface area contributed by atoms with Gasteiger partial charge in [0.25, 0.3) is 0 Å². The van der Waals surface area contributed by atoms with Crippen molar-refractivity contribution in [3.05, 3.63) is 59.1 Å². The third-order valence-corrected chi connectivity index (χ3v) is 3.85. The number of hydrogen-bond acceptors (Lipinski definition) is 3. The first kappa shape index (κ1) is 17.8. The fourth-order valence-electron chi connectivity index (χ4n) is 2.22. The molecule has 0 spiro atoms. The van der Waals surface area contributed by atoms with Gasteiger partial charge in [0, 0.05) is 18.5 Å². The van der Waals surface area contributed by atoms with Crippen molar-refractivity contribution >= 4 is 29.1 Å². The molecule has 0 atom stereocenters. The molecule has 0 radical (unpaired) electrons. The summed E-state index contributed by atoms with van der Waals surface area (Å²) in [5.41, 5.74) is 1.35. The summed E-state index contributed by atoms with van der Waals surface area (Å²) >= 11 is 6.12. The van der Waals surface area contributed by atoms with Crippen molar-refractivity contribution in [3.8, 4) is 5.75 Å². The Bertz CT molecular complexity index is 734. The minimum Gasteiger partial charge on any atom is -0.495 e. The molecular formula is C18H19ClN2O3. The average molecular weight is 347 g/mol. The van der Waals surface area contributed by atoms with E-state index in [4.69, 9.17) is 16.3 Å². The van der Waals surface area contributed by atoms with Crippen LogP contribution in [0.5, 0.6) is 5.75 Å². The fraction of sp³-hybridized carbons (Fsp3) is 0.222. The minimum absolute atomic E-state index is 0.0708. The zero-order valence-electron chi connectivity index (χ0n) is 13.6. The zero-order chi connectivity index (χ0) is 17.5. The molecule has 5 nitrogen and oxygen atoms in total. The lowest BCUT2D eigenvalue weighted by Gasteiger charge is -2.21. The summed E-state index contributed by atoms with van der Waals surface area (Å²) in [6.45, 7) is 1.63. The van der Waals surface area contributed by atoms with Crippen molar-refractivity contribution in [2.45, 2.75) is 13.5 Å². The Balaban J connectivity index is 2.06. The molecule has 0 fully saturated rings. The molecule has 2 aromatic carbocycles. The molecule has 0 saturated carbocycles. The van der Waals surface area contributed by atoms with Gasteiger partial charge in [-0.1, -0.05) is 41.9 Å². The van der Waals surface area contributed by atoms with E-state index in [1.807, 2.05) is 24.3 Å². The van der Waals surface area contributed by atoms with Crippen molar-refractivity contribution in [2.75, 3.05) is 19.0 Å². The van der Waals surface area contributed by atoms with Gasteiger partial charge in [-0.2, -0.15) is 0 Å². The maximum Gasteiger partial charge on any atom is 0.244 e. The molecule has 0 aromatic heterocycles. The normalized spacial score (nSPS) is 10.1. The van der Waals surface area contributed by atoms with Crippen molar-refractivity contribution < 1.29 is 14.3 Å². The third-order valence-electron chi connectivity index (χ3n) is 3.48. The number of benzene rings is 2. The number of carbonyl (C=O) groups excluding carboxylic acids is 2. The predicted molar refractivity (Wildman–Crippen MR) is 94.2 cm³/mol. The summed E-state index contributed by atoms with van der Waals surface area (Å²) in [6, 6.07) is 14.3. The van der Waals surface area contributed by atoms with Gasteiger partial charge < -0.3 is 15.0 Å². The molecule has 0 unspecified atom stereocenters. The number of nitrogens with zero attached hydrogens (tertiary/aromatic N) is 1. The van der Waals surface area contributed by atoms with Crippen LogP contribution in [0.2, 0.25) is 5.02 Å². The van der Waals surface area contributed by atoms with E-state index in [9.17, 15) is 9.59 Å². The van der Waals surface area contributed by atoms with Crippen LogP contribution in [-0.4, -0.2) is 30.4 Å². The Morgan fingerprint density at radius 1 is 1.12 bits per heavy atom. The maximum absolute atomic E-state index is 12.3. The van der Waals surface area contributed by atoms with Crippen LogP contribution < -0.4 is 10.1 Å². The van der Waals surface area contributed by atoms with Crippen molar-refractivity contribution in [2.24, 2.45) is 0 Å². The average Bonchev–Trinajstić information content (AvgIpc) is 2.56. The van der Waals surface area contributed by atoms with Crippen LogP contribution in [0, 0.1) is 0 Å². The summed E-state index contributed by atoms with van der Waals surface area (Å²) in [5, 5.41) is 3.32. The summed E-state index contributed by atoms with van der Waals surface area (Å²) in [7, 11) is 1.53. The number of carbonyl (C=O) groups is 2. The Labute approximate surface area is 146 Å². The number of methoxy groups -OCH3 is 1. The van der Waals surface area contributed by atoms with Gasteiger partial charge in [-0.15, -0.1) is 0 Å². The van der Waals surface area contributed by atoms with Gasteiger partial charge in [-0.05, 0) is 23.8 Å². The van der Waals surface area contributed by atoms with Gasteiger partial charge >= 0.3 is 0 Å². The van der Waals surface area contributed by atoms with Crippen molar-refractivity contribution in [1.82, 2.24) is 4.90 Å². The highest BCUT2D eigenvalue weighted by Crippen LogP contribution is 2.23. The molecule has 24 heavy (non-hydrogen) atoms. The second kappa shape index (κ2) is 8.36. The molecule has 0 bridgehead atoms. The molecule has 6 heteroatoms. The Morgan fingerprint density at radius 2 is 1.79 bits per heavy atom. The molecular weight excluding hydrogens is 328 g/mol. The maximum atomic E-state index is 12.3. The molecule has 0 aliphatic rings. The first-order valence-electron chi connectivity index (χ1n) is 7.43. The van der Waals surface area contributed by atoms with Crippen LogP contribution in [0.4, 0.5) is 5.69 Å². The van der Waals surface area contributed by atoms with Crippen LogP contribution in [0.15, 0.2) is 48.5 Å². The van der Waals surface area contributed by atoms with E-state index < -0.39 is 0 Å². The van der Waals surface area contributed by atoms with Gasteiger partial charge in [0.05, 0.1) is 12.8 Å². The number of anilines is 1. The molecule has 0 heterocycles. The first-order chi connectivity index (χ1) is 11.5. The van der Waals surface area contributed by atoms with Crippen LogP contribution in [0.25, 0.3) is 0 Å². The van der Waals surface area contributed by atoms with Crippen molar-refractivity contribution in [1.29, 1.82) is 0 Å². The van der Waals surface area contributed by atoms with Gasteiger partial charge in [0.1, 0.15) is 12.3 Å². The quantitative estimate of drug-likeness (QED) is 0.872. The van der Waals surface area contributed by atoms with E-state index in [-0.39, 0.29) is 24.9 Å². The smallest absolute Gasteiger partial charge is 0.244 e. The van der Waals surface area contributed by atoms with E-state index in [0.29, 0.717) is 16.5 Å². The number of ether oxygens (including phenoxy) is 1. The SMILES string of the molecule is COc1ccccc1NC(=O)CN(Cc1ccccc1Cl)C(C)=O. The van der Waals surface area contributed by atoms with E-state index in [1.54, 1.807) is 24.3 Å². The molecule has 2 rings (SSSR count). The standard InChI is InChI=1S/C18H19ClN2O3/c1-13(22)21(11-14-7-3-4-8-15(14)19)12-18(23)20-16-9-5-6-10-17(16)24-2/h3-10H,11-12H2,1-2H3,(H,20,23). The van der Waals surface area contributed by atoms with Gasteiger partial charge in [0.2, 0.25) is 11.8 Å². The Kier molecular flexibility index (Phi) is 6.21. The number of rotatable bonds is 6. The Morgan fingerprint density at radius 3 is 2.46 bits per heavy atom. The number of amides is 2. The fourth-order valence-corrected chi connectivity index (χ4v) is 2.42. The molecule has 126 valence electrons. The van der Waals surface area contributed by atoms with E-state index in [2.05, 4.69) is 5.32 Å². The molecule has 0 aliphatic heterocycles. The second-order valence-electron chi connectivity index (χ2n) is 5.21. The summed E-state index contributed by atoms with van der Waals surface area (Å²) < 4.78 is 5.20. The van der Waals surface area contributed by atoms with Gasteiger partial charge in [-0.25, -0.2) is 0 Å². The predicted octanol–water partition coefficient (Wildman–Crippen LogP) is 3.34. The van der Waals surface area contributed by atoms with Gasteiger partial charge in [-0.3, -0.25) is 9.59 Å². The summed E-state index contributed by atoms with van der Waals surface area (Å²) in [5.74, 6) is 0.0539. The molecule has 2 amide bonds. The molecule has 2 aromatic rings. The monoisotopic (exact) mass is 346 g/mol. The number of hydrogen-bond donors (Lipinski definition) is 1. The summed E-state index contributed by atoms with van der Waals surface area (Å²) in [6.07, 6.45) is 0. The lowest BCUT2D eigenvalue weighted by molar-refractivity contribution is -0.133. The van der Waals surface area contributed by atoms with Crippen LogP contribution in [-0.2, 0) is 16.1 Å². The summed E-state index contributed by atoms with van der Waals surface area (Å²) in [4.78, 5) is 25.6. The molecule has 1 N–H and O–H groups in total. The third kappa shape index (κ3) is 4.73. The number of nitrogens with one attached hydrogen (secondary N) is 1. The van der Waals surface area contributed by atoms with Gasteiger partial charge in [0.15, 0.2) is 0 Å². The second-order valence-corrected chi connectivity index (χ2v) is 5.62. The zero-order valence-corrected chi connectivity index (χ0v) is 14.3. The largest absolute Gasteiger partial charge is 0.495 e. The lowest BCUT2D eigenvalue weighted by Crippen LogP contribution is -2.36. The number of halogens is 1. The lowest BCUT2D eigenvalue weighted by atomic mass is 10.2. The van der Waals surface area contributed by atoms with E-state index in [0.717, 1.165) is 5.56 Å². The Hall–Kier alpha value is -2.53. The van der Waals surface area contributed by atoms with Crippen LogP contribution in [0.3, 0.4) is 0 Å². The highest BCUT2D eigenvalue weighted by atomic mass is 35.5. The highest BCUT2D eigenvalue weighted by molar-refractivity contribution is 6.31. The molecule has 0 aliphatic carbocycles. The molecule has 0 saturated heterocycles. The van der Waals surface area contributed by atoms with E-state index >= 15 is 0 Å². The minimum atomic E-state index is -0.304.